The van der Waals surface area contributed by atoms with Crippen LogP contribution >= 0.6 is 23.2 Å². The molecule has 0 unspecified atom stereocenters. The maximum Gasteiger partial charge on any atom is 0.340 e. The molecule has 0 saturated heterocycles. The fourth-order valence-corrected chi connectivity index (χ4v) is 3.54. The van der Waals surface area contributed by atoms with Crippen LogP contribution in [0.2, 0.25) is 10.0 Å². The highest BCUT2D eigenvalue weighted by Gasteiger charge is 2.38. The molecule has 0 saturated carbocycles. The molecule has 2 aromatic carbocycles. The van der Waals surface area contributed by atoms with Gasteiger partial charge in [0.05, 0.1) is 31.1 Å². The van der Waals surface area contributed by atoms with E-state index in [1.807, 2.05) is 0 Å². The lowest BCUT2D eigenvalue weighted by Gasteiger charge is -2.18. The van der Waals surface area contributed by atoms with Crippen LogP contribution in [0, 0.1) is 0 Å². The number of carbonyl (C=O) groups excluding carboxylic acids is 2. The van der Waals surface area contributed by atoms with Crippen LogP contribution in [-0.4, -0.2) is 26.1 Å². The van der Waals surface area contributed by atoms with E-state index in [9.17, 15) is 9.59 Å². The first-order chi connectivity index (χ1) is 13.4. The molecule has 0 fully saturated rings. The number of hydrogen-bond donors (Lipinski definition) is 0. The average Bonchev–Trinajstić information content (AvgIpc) is 2.94. The standard InChI is InChI=1S/C21H17Cl2NO4/c1-12-19(21(26)28-3)16(11-15-17(22)8-5-9-18(15)23)20(25)24(12)13-6-4-7-14(10-13)27-2/h4-11H,1-3H3/b16-11-. The zero-order valence-corrected chi connectivity index (χ0v) is 17.0. The molecular formula is C21H17Cl2NO4. The SMILES string of the molecule is COC(=O)C1=C(C)N(c2cccc(OC)c2)C(=O)/C1=C\c1c(Cl)cccc1Cl. The number of carbonyl (C=O) groups is 2. The maximum absolute atomic E-state index is 13.3. The van der Waals surface area contributed by atoms with Gasteiger partial charge in [0.25, 0.3) is 5.91 Å². The topological polar surface area (TPSA) is 55.8 Å². The molecule has 2 aromatic rings. The lowest BCUT2D eigenvalue weighted by Crippen LogP contribution is -2.24. The molecule has 0 atom stereocenters. The molecule has 1 heterocycles. The lowest BCUT2D eigenvalue weighted by molar-refractivity contribution is -0.136. The van der Waals surface area contributed by atoms with Crippen LogP contribution in [0.4, 0.5) is 5.69 Å². The van der Waals surface area contributed by atoms with Crippen molar-refractivity contribution in [3.8, 4) is 5.75 Å². The number of allylic oxidation sites excluding steroid dienone is 1. The second-order valence-corrected chi connectivity index (χ2v) is 6.80. The van der Waals surface area contributed by atoms with Gasteiger partial charge in [-0.3, -0.25) is 9.69 Å². The Hall–Kier alpha value is -2.76. The second kappa shape index (κ2) is 8.09. The predicted octanol–water partition coefficient (Wildman–Crippen LogP) is 4.88. The van der Waals surface area contributed by atoms with Gasteiger partial charge in [0.2, 0.25) is 0 Å². The molecule has 0 N–H and O–H groups in total. The summed E-state index contributed by atoms with van der Waals surface area (Å²) in [6.07, 6.45) is 1.52. The van der Waals surface area contributed by atoms with Crippen LogP contribution in [0.3, 0.4) is 0 Å². The summed E-state index contributed by atoms with van der Waals surface area (Å²) in [7, 11) is 2.81. The molecule has 144 valence electrons. The number of amides is 1. The monoisotopic (exact) mass is 417 g/mol. The van der Waals surface area contributed by atoms with Crippen molar-refractivity contribution in [2.24, 2.45) is 0 Å². The Bertz CT molecular complexity index is 1010. The molecule has 1 aliphatic rings. The summed E-state index contributed by atoms with van der Waals surface area (Å²) in [5.74, 6) is -0.419. The van der Waals surface area contributed by atoms with E-state index in [0.717, 1.165) is 0 Å². The van der Waals surface area contributed by atoms with Gasteiger partial charge in [0, 0.05) is 27.4 Å². The van der Waals surface area contributed by atoms with E-state index in [-0.39, 0.29) is 17.1 Å². The summed E-state index contributed by atoms with van der Waals surface area (Å²) in [6.45, 7) is 1.68. The van der Waals surface area contributed by atoms with Crippen LogP contribution in [0.5, 0.6) is 5.75 Å². The number of rotatable bonds is 4. The second-order valence-electron chi connectivity index (χ2n) is 5.99. The van der Waals surface area contributed by atoms with Crippen molar-refractivity contribution in [1.29, 1.82) is 0 Å². The van der Waals surface area contributed by atoms with Crippen molar-refractivity contribution in [2.45, 2.75) is 6.92 Å². The van der Waals surface area contributed by atoms with E-state index in [4.69, 9.17) is 32.7 Å². The van der Waals surface area contributed by atoms with Crippen LogP contribution in [0.15, 0.2) is 59.3 Å². The minimum absolute atomic E-state index is 0.155. The predicted molar refractivity (Wildman–Crippen MR) is 110 cm³/mol. The van der Waals surface area contributed by atoms with Crippen molar-refractivity contribution in [3.05, 3.63) is 74.9 Å². The minimum Gasteiger partial charge on any atom is -0.497 e. The summed E-state index contributed by atoms with van der Waals surface area (Å²) in [4.78, 5) is 27.1. The molecule has 0 aromatic heterocycles. The van der Waals surface area contributed by atoms with E-state index < -0.39 is 5.97 Å². The Balaban J connectivity index is 2.19. The van der Waals surface area contributed by atoms with Gasteiger partial charge in [-0.15, -0.1) is 0 Å². The third kappa shape index (κ3) is 3.51. The lowest BCUT2D eigenvalue weighted by atomic mass is 10.0. The van der Waals surface area contributed by atoms with E-state index in [0.29, 0.717) is 32.7 Å². The van der Waals surface area contributed by atoms with Crippen LogP contribution in [0.25, 0.3) is 6.08 Å². The Morgan fingerprint density at radius 2 is 1.71 bits per heavy atom. The smallest absolute Gasteiger partial charge is 0.340 e. The number of anilines is 1. The number of ether oxygens (including phenoxy) is 2. The van der Waals surface area contributed by atoms with E-state index >= 15 is 0 Å². The summed E-state index contributed by atoms with van der Waals surface area (Å²) in [6, 6.07) is 12.0. The van der Waals surface area contributed by atoms with Crippen molar-refractivity contribution < 1.29 is 19.1 Å². The summed E-state index contributed by atoms with van der Waals surface area (Å²) < 4.78 is 10.1. The van der Waals surface area contributed by atoms with Crippen molar-refractivity contribution >= 4 is 46.8 Å². The third-order valence-corrected chi connectivity index (χ3v) is 5.05. The van der Waals surface area contributed by atoms with Crippen molar-refractivity contribution in [3.63, 3.8) is 0 Å². The highest BCUT2D eigenvalue weighted by Crippen LogP contribution is 2.38. The van der Waals surface area contributed by atoms with Crippen molar-refractivity contribution in [1.82, 2.24) is 0 Å². The molecule has 5 nitrogen and oxygen atoms in total. The number of methoxy groups -OCH3 is 2. The van der Waals surface area contributed by atoms with Gasteiger partial charge in [-0.1, -0.05) is 35.3 Å². The van der Waals surface area contributed by atoms with E-state index in [2.05, 4.69) is 0 Å². The van der Waals surface area contributed by atoms with E-state index in [1.165, 1.54) is 25.2 Å². The Morgan fingerprint density at radius 3 is 2.32 bits per heavy atom. The number of esters is 1. The van der Waals surface area contributed by atoms with Gasteiger partial charge in [-0.05, 0) is 37.3 Å². The van der Waals surface area contributed by atoms with Gasteiger partial charge in [-0.25, -0.2) is 4.79 Å². The normalized spacial score (nSPS) is 15.4. The van der Waals surface area contributed by atoms with Gasteiger partial charge < -0.3 is 9.47 Å². The first-order valence-corrected chi connectivity index (χ1v) is 9.08. The number of hydrogen-bond acceptors (Lipinski definition) is 4. The van der Waals surface area contributed by atoms with Gasteiger partial charge >= 0.3 is 5.97 Å². The molecule has 28 heavy (non-hydrogen) atoms. The van der Waals surface area contributed by atoms with Gasteiger partial charge in [-0.2, -0.15) is 0 Å². The average molecular weight is 418 g/mol. The summed E-state index contributed by atoms with van der Waals surface area (Å²) >= 11 is 12.5. The highest BCUT2D eigenvalue weighted by molar-refractivity contribution is 6.37. The Morgan fingerprint density at radius 1 is 1.07 bits per heavy atom. The quantitative estimate of drug-likeness (QED) is 0.525. The zero-order valence-electron chi connectivity index (χ0n) is 15.5. The molecule has 0 spiro atoms. The van der Waals surface area contributed by atoms with E-state index in [1.54, 1.807) is 49.4 Å². The summed E-state index contributed by atoms with van der Waals surface area (Å²) in [5, 5.41) is 0.740. The van der Waals surface area contributed by atoms with Crippen LogP contribution in [0.1, 0.15) is 12.5 Å². The fraction of sp³-hybridized carbons (Fsp3) is 0.143. The Kier molecular flexibility index (Phi) is 5.77. The molecule has 7 heteroatoms. The number of nitrogens with zero attached hydrogens (tertiary/aromatic N) is 1. The maximum atomic E-state index is 13.3. The van der Waals surface area contributed by atoms with Crippen molar-refractivity contribution in [2.75, 3.05) is 19.1 Å². The number of benzene rings is 2. The number of halogens is 2. The first kappa shape index (κ1) is 20.0. The Labute approximate surface area is 172 Å². The molecule has 3 rings (SSSR count). The third-order valence-electron chi connectivity index (χ3n) is 4.39. The largest absolute Gasteiger partial charge is 0.497 e. The molecule has 0 radical (unpaired) electrons. The molecule has 1 amide bonds. The molecular weight excluding hydrogens is 401 g/mol. The molecule has 0 aliphatic carbocycles. The first-order valence-electron chi connectivity index (χ1n) is 8.32. The molecule has 1 aliphatic heterocycles. The van der Waals surface area contributed by atoms with Gasteiger partial charge in [0.1, 0.15) is 5.75 Å². The zero-order chi connectivity index (χ0) is 20.4. The summed E-state index contributed by atoms with van der Waals surface area (Å²) in [5.41, 5.74) is 1.78. The van der Waals surface area contributed by atoms with Crippen LogP contribution in [-0.2, 0) is 14.3 Å². The fourth-order valence-electron chi connectivity index (χ4n) is 3.03. The van der Waals surface area contributed by atoms with Gasteiger partial charge in [0.15, 0.2) is 0 Å². The molecule has 0 bridgehead atoms. The highest BCUT2D eigenvalue weighted by atomic mass is 35.5. The van der Waals surface area contributed by atoms with Crippen LogP contribution < -0.4 is 9.64 Å². The minimum atomic E-state index is -0.620.